The highest BCUT2D eigenvalue weighted by Gasteiger charge is 2.53. The number of quaternary nitrogens is 1. The first-order chi connectivity index (χ1) is 11.5. The Morgan fingerprint density at radius 2 is 1.73 bits per heavy atom. The summed E-state index contributed by atoms with van der Waals surface area (Å²) in [7, 11) is 2.36. The summed E-state index contributed by atoms with van der Waals surface area (Å²) in [5.74, 6) is -1.03. The molecule has 0 radical (unpaired) electrons. The molecule has 2 saturated heterocycles. The fourth-order valence-electron chi connectivity index (χ4n) is 4.80. The fraction of sp³-hybridized carbons (Fsp3) is 0.650. The molecule has 2 fully saturated rings. The monoisotopic (exact) mass is 429 g/mol. The van der Waals surface area contributed by atoms with Gasteiger partial charge >= 0.3 is 5.97 Å². The molecule has 1 aromatic rings. The van der Waals surface area contributed by atoms with Crippen molar-refractivity contribution < 1.29 is 24.6 Å². The summed E-state index contributed by atoms with van der Waals surface area (Å²) in [5, 5.41) is 11.5. The topological polar surface area (TPSA) is 80.9 Å². The van der Waals surface area contributed by atoms with E-state index in [-0.39, 0.29) is 34.5 Å². The Labute approximate surface area is 167 Å². The lowest BCUT2D eigenvalue weighted by Crippen LogP contribution is -2.62. The number of hydrogen-bond acceptors (Lipinski definition) is 3. The zero-order valence-corrected chi connectivity index (χ0v) is 17.6. The molecule has 0 amide bonds. The average Bonchev–Trinajstić information content (AvgIpc) is 2.74. The lowest BCUT2D eigenvalue weighted by Gasteiger charge is -2.49. The maximum atomic E-state index is 12.5. The Morgan fingerprint density at radius 3 is 2.19 bits per heavy atom. The van der Waals surface area contributed by atoms with Gasteiger partial charge in [-0.2, -0.15) is 0 Å². The minimum absolute atomic E-state index is 0. The molecule has 1 unspecified atom stereocenters. The first kappa shape index (κ1) is 23.1. The molecule has 2 aliphatic heterocycles. The molecule has 2 aliphatic rings. The van der Waals surface area contributed by atoms with E-state index < -0.39 is 12.5 Å². The van der Waals surface area contributed by atoms with E-state index in [0.717, 1.165) is 22.9 Å². The summed E-state index contributed by atoms with van der Waals surface area (Å²) in [6, 6.07) is 11.0. The lowest BCUT2D eigenvalue weighted by atomic mass is 9.94. The molecule has 1 aromatic carbocycles. The third kappa shape index (κ3) is 4.14. The number of hydrogen-bond donors (Lipinski definition) is 0. The van der Waals surface area contributed by atoms with E-state index in [1.54, 1.807) is 0 Å². The van der Waals surface area contributed by atoms with Crippen molar-refractivity contribution in [3.05, 3.63) is 35.9 Å². The molecule has 2 bridgehead atoms. The molecular weight excluding hydrogens is 398 g/mol. The van der Waals surface area contributed by atoms with Gasteiger partial charge in [-0.15, -0.1) is 23.6 Å². The highest BCUT2D eigenvalue weighted by molar-refractivity contribution is 8.93. The van der Waals surface area contributed by atoms with Crippen molar-refractivity contribution in [1.82, 2.24) is 0 Å². The number of halogens is 1. The Hall–Kier alpha value is -0.950. The van der Waals surface area contributed by atoms with Crippen molar-refractivity contribution in [1.29, 1.82) is 0 Å². The van der Waals surface area contributed by atoms with Gasteiger partial charge in [0.05, 0.1) is 31.1 Å². The second-order valence-corrected chi connectivity index (χ2v) is 7.86. The Balaban J connectivity index is 0.00000169. The number of carbonyl (C=O) groups excluding carboxylic acids is 1. The van der Waals surface area contributed by atoms with E-state index in [1.807, 2.05) is 30.3 Å². The van der Waals surface area contributed by atoms with Crippen LogP contribution in [0.5, 0.6) is 0 Å². The van der Waals surface area contributed by atoms with E-state index in [4.69, 9.17) is 4.74 Å². The molecule has 2 heterocycles. The van der Waals surface area contributed by atoms with E-state index in [9.17, 15) is 9.90 Å². The van der Waals surface area contributed by atoms with Crippen LogP contribution in [0.1, 0.15) is 51.0 Å². The van der Waals surface area contributed by atoms with Crippen molar-refractivity contribution in [2.75, 3.05) is 13.7 Å². The van der Waals surface area contributed by atoms with E-state index in [1.165, 1.54) is 12.8 Å². The number of carbonyl (C=O) groups is 1. The van der Waals surface area contributed by atoms with Gasteiger partial charge in [-0.3, -0.25) is 4.79 Å². The Kier molecular flexibility index (Phi) is 8.27. The maximum absolute atomic E-state index is 12.5. The third-order valence-electron chi connectivity index (χ3n) is 6.53. The Morgan fingerprint density at radius 1 is 1.19 bits per heavy atom. The number of rotatable bonds is 5. The van der Waals surface area contributed by atoms with Gasteiger partial charge in [0.15, 0.2) is 0 Å². The largest absolute Gasteiger partial charge is 0.854 e. The third-order valence-corrected chi connectivity index (χ3v) is 6.53. The summed E-state index contributed by atoms with van der Waals surface area (Å²) < 4.78 is 6.91. The molecule has 3 atom stereocenters. The summed E-state index contributed by atoms with van der Waals surface area (Å²) >= 11 is 0. The van der Waals surface area contributed by atoms with Gasteiger partial charge in [0.1, 0.15) is 6.10 Å². The first-order valence-electron chi connectivity index (χ1n) is 9.15. The van der Waals surface area contributed by atoms with Crippen LogP contribution in [-0.2, 0) is 9.53 Å². The average molecular weight is 430 g/mol. The number of benzene rings is 1. The zero-order valence-electron chi connectivity index (χ0n) is 15.9. The predicted molar refractivity (Wildman–Crippen MR) is 105 cm³/mol. The molecule has 6 heteroatoms. The van der Waals surface area contributed by atoms with E-state index >= 15 is 0 Å². The fourth-order valence-corrected chi connectivity index (χ4v) is 4.80. The van der Waals surface area contributed by atoms with Crippen molar-refractivity contribution >= 4 is 23.0 Å². The smallest absolute Gasteiger partial charge is 0.312 e. The van der Waals surface area contributed by atoms with Crippen LogP contribution < -0.4 is 5.11 Å². The predicted octanol–water partition coefficient (Wildman–Crippen LogP) is 1.98. The molecule has 0 aromatic heterocycles. The van der Waals surface area contributed by atoms with Crippen LogP contribution >= 0.6 is 17.0 Å². The number of piperidine rings is 1. The van der Waals surface area contributed by atoms with Gasteiger partial charge in [0, 0.05) is 25.7 Å². The minimum Gasteiger partial charge on any atom is -0.854 e. The van der Waals surface area contributed by atoms with E-state index in [2.05, 4.69) is 20.9 Å². The number of ether oxygens (including phenoxy) is 1. The second kappa shape index (κ2) is 9.31. The lowest BCUT2D eigenvalue weighted by molar-refractivity contribution is -0.968. The van der Waals surface area contributed by atoms with Crippen LogP contribution in [-0.4, -0.2) is 53.8 Å². The molecule has 5 nitrogen and oxygen atoms in total. The highest BCUT2D eigenvalue weighted by atomic mass is 79.9. The highest BCUT2D eigenvalue weighted by Crippen LogP contribution is 2.44. The van der Waals surface area contributed by atoms with Crippen molar-refractivity contribution in [3.8, 4) is 0 Å². The Bertz CT molecular complexity index is 566. The van der Waals surface area contributed by atoms with Crippen LogP contribution in [0.4, 0.5) is 0 Å². The number of fused-ring (bicyclic) bond motifs is 2. The molecule has 148 valence electrons. The molecule has 0 saturated carbocycles. The normalized spacial score (nSPS) is 30.9. The van der Waals surface area contributed by atoms with E-state index in [0.29, 0.717) is 18.1 Å². The number of esters is 1. The summed E-state index contributed by atoms with van der Waals surface area (Å²) in [4.78, 5) is 12.5. The molecule has 2 N–H and O–H groups in total. The van der Waals surface area contributed by atoms with Gasteiger partial charge in [0.2, 0.25) is 0 Å². The standard InChI is InChI=1S/C20H29NO3.BrH.H2O/c1-14(2)21(3)16-9-10-17(21)12-18(11-16)24-20(23)19(13-22)15-7-5-4-6-8-15;;/h4-8,14,16-19H,9-13H2,1-3H3;1H;1H2/t16-,17-,18?,19?,21?;;/m1../s1. The molecule has 0 spiro atoms. The van der Waals surface area contributed by atoms with Crippen molar-refractivity contribution in [2.24, 2.45) is 0 Å². The summed E-state index contributed by atoms with van der Waals surface area (Å²) in [5.41, 5.74) is 0.763. The van der Waals surface area contributed by atoms with Crippen LogP contribution in [0.3, 0.4) is 0 Å². The van der Waals surface area contributed by atoms with Crippen molar-refractivity contribution in [2.45, 2.75) is 69.7 Å². The second-order valence-electron chi connectivity index (χ2n) is 7.86. The van der Waals surface area contributed by atoms with Gasteiger partial charge in [-0.25, -0.2) is 0 Å². The van der Waals surface area contributed by atoms with Gasteiger partial charge in [0.25, 0.3) is 0 Å². The molecule has 3 rings (SSSR count). The quantitative estimate of drug-likeness (QED) is 0.529. The van der Waals surface area contributed by atoms with Gasteiger partial charge in [-0.1, -0.05) is 30.3 Å². The van der Waals surface area contributed by atoms with Crippen LogP contribution in [0.25, 0.3) is 0 Å². The SMILES string of the molecule is Br.CC(C)[N+]1(C)[C@@H]2CC[C@@H]1CC(OC(=O)C(C[O-])c1ccccc1)C2.O. The summed E-state index contributed by atoms with van der Waals surface area (Å²) in [6.07, 6.45) is 4.26. The minimum atomic E-state index is -0.684. The van der Waals surface area contributed by atoms with Crippen LogP contribution in [0.2, 0.25) is 0 Å². The molecular formula is C20H32BrNO4. The van der Waals surface area contributed by atoms with Gasteiger partial charge in [-0.05, 0) is 19.4 Å². The first-order valence-corrected chi connectivity index (χ1v) is 9.15. The number of nitrogens with zero attached hydrogens (tertiary/aromatic N) is 1. The van der Waals surface area contributed by atoms with Crippen molar-refractivity contribution in [3.63, 3.8) is 0 Å². The zero-order chi connectivity index (χ0) is 17.3. The molecule has 26 heavy (non-hydrogen) atoms. The van der Waals surface area contributed by atoms with Gasteiger partial charge < -0.3 is 19.8 Å². The summed E-state index contributed by atoms with van der Waals surface area (Å²) in [6.45, 7) is 4.13. The van der Waals surface area contributed by atoms with Crippen LogP contribution in [0, 0.1) is 0 Å². The molecule has 0 aliphatic carbocycles. The van der Waals surface area contributed by atoms with Crippen LogP contribution in [0.15, 0.2) is 30.3 Å². The maximum Gasteiger partial charge on any atom is 0.312 e.